The molecule has 7 heteroatoms. The van der Waals surface area contributed by atoms with Crippen molar-refractivity contribution in [3.63, 3.8) is 0 Å². The zero-order valence-electron chi connectivity index (χ0n) is 15.2. The van der Waals surface area contributed by atoms with Gasteiger partial charge in [0.05, 0.1) is 36.0 Å². The molecule has 0 spiro atoms. The standard InChI is InChI=1S/C20H24ClN5O/c21-16-4-11(6-23-20(16)22)17-5-18(26(24-17)12-2-1-3-12)19-14-7-25(8-15(14)19)13-9-27-10-13/h4-6,12-15,19H,1-3,7-10H2,(H2,22,23)/t14-,15+,19-. The van der Waals surface area contributed by atoms with Crippen molar-refractivity contribution in [3.05, 3.63) is 29.0 Å². The number of fused-ring (bicyclic) bond motifs is 1. The van der Waals surface area contributed by atoms with E-state index in [1.807, 2.05) is 6.07 Å². The molecule has 6 nitrogen and oxygen atoms in total. The van der Waals surface area contributed by atoms with E-state index in [1.54, 1.807) is 6.20 Å². The maximum absolute atomic E-state index is 6.19. The van der Waals surface area contributed by atoms with E-state index in [0.717, 1.165) is 36.3 Å². The molecule has 2 aliphatic heterocycles. The Kier molecular flexibility index (Phi) is 3.59. The number of ether oxygens (including phenoxy) is 1. The highest BCUT2D eigenvalue weighted by molar-refractivity contribution is 6.33. The fraction of sp³-hybridized carbons (Fsp3) is 0.600. The predicted octanol–water partition coefficient (Wildman–Crippen LogP) is 2.95. The molecule has 4 fully saturated rings. The van der Waals surface area contributed by atoms with Crippen LogP contribution < -0.4 is 5.73 Å². The van der Waals surface area contributed by atoms with E-state index in [9.17, 15) is 0 Å². The van der Waals surface area contributed by atoms with Crippen molar-refractivity contribution >= 4 is 17.4 Å². The van der Waals surface area contributed by atoms with Crippen LogP contribution in [0.25, 0.3) is 11.3 Å². The minimum absolute atomic E-state index is 0.371. The van der Waals surface area contributed by atoms with Crippen LogP contribution in [0.1, 0.15) is 36.9 Å². The van der Waals surface area contributed by atoms with Gasteiger partial charge in [0.15, 0.2) is 0 Å². The number of likely N-dealkylation sites (tertiary alicyclic amines) is 1. The monoisotopic (exact) mass is 385 g/mol. The van der Waals surface area contributed by atoms with Gasteiger partial charge in [0.2, 0.25) is 0 Å². The molecule has 27 heavy (non-hydrogen) atoms. The van der Waals surface area contributed by atoms with Crippen LogP contribution in [0.2, 0.25) is 5.02 Å². The zero-order chi connectivity index (χ0) is 18.1. The highest BCUT2D eigenvalue weighted by atomic mass is 35.5. The van der Waals surface area contributed by atoms with Crippen LogP contribution in [-0.2, 0) is 4.74 Å². The van der Waals surface area contributed by atoms with Crippen LogP contribution in [0, 0.1) is 11.8 Å². The van der Waals surface area contributed by atoms with E-state index in [2.05, 4.69) is 20.6 Å². The topological polar surface area (TPSA) is 69.2 Å². The van der Waals surface area contributed by atoms with Gasteiger partial charge in [-0.2, -0.15) is 5.10 Å². The van der Waals surface area contributed by atoms with Gasteiger partial charge in [-0.3, -0.25) is 9.58 Å². The number of nitrogen functional groups attached to an aromatic ring is 1. The Hall–Kier alpha value is -1.63. The first-order valence-electron chi connectivity index (χ1n) is 10.0. The van der Waals surface area contributed by atoms with Crippen LogP contribution in [0.3, 0.4) is 0 Å². The number of hydrogen-bond donors (Lipinski definition) is 1. The minimum atomic E-state index is 0.371. The number of aromatic nitrogens is 3. The lowest BCUT2D eigenvalue weighted by Crippen LogP contribution is -2.48. The second kappa shape index (κ2) is 5.93. The van der Waals surface area contributed by atoms with E-state index >= 15 is 0 Å². The Morgan fingerprint density at radius 1 is 1.11 bits per heavy atom. The summed E-state index contributed by atoms with van der Waals surface area (Å²) in [4.78, 5) is 6.84. The van der Waals surface area contributed by atoms with Gasteiger partial charge in [-0.1, -0.05) is 11.6 Å². The molecule has 0 aromatic carbocycles. The van der Waals surface area contributed by atoms with Crippen molar-refractivity contribution in [2.45, 2.75) is 37.3 Å². The number of anilines is 1. The van der Waals surface area contributed by atoms with Crippen molar-refractivity contribution in [1.29, 1.82) is 0 Å². The third-order valence-corrected chi connectivity index (χ3v) is 7.35. The molecule has 142 valence electrons. The second-order valence-corrected chi connectivity index (χ2v) is 8.98. The lowest BCUT2D eigenvalue weighted by Gasteiger charge is -2.36. The van der Waals surface area contributed by atoms with Gasteiger partial charge in [-0.25, -0.2) is 4.98 Å². The van der Waals surface area contributed by atoms with Crippen molar-refractivity contribution in [3.8, 4) is 11.3 Å². The summed E-state index contributed by atoms with van der Waals surface area (Å²) in [5, 5.41) is 5.48. The van der Waals surface area contributed by atoms with Crippen LogP contribution >= 0.6 is 11.6 Å². The van der Waals surface area contributed by atoms with E-state index < -0.39 is 0 Å². The van der Waals surface area contributed by atoms with Crippen molar-refractivity contribution in [1.82, 2.24) is 19.7 Å². The predicted molar refractivity (Wildman–Crippen MR) is 104 cm³/mol. The molecule has 2 aromatic rings. The lowest BCUT2D eigenvalue weighted by atomic mass is 9.93. The Bertz CT molecular complexity index is 878. The van der Waals surface area contributed by atoms with E-state index in [1.165, 1.54) is 38.0 Å². The van der Waals surface area contributed by atoms with Gasteiger partial charge < -0.3 is 10.5 Å². The van der Waals surface area contributed by atoms with Gasteiger partial charge in [0, 0.05) is 36.5 Å². The summed E-state index contributed by atoms with van der Waals surface area (Å²) in [7, 11) is 0. The van der Waals surface area contributed by atoms with Crippen molar-refractivity contribution in [2.75, 3.05) is 32.0 Å². The number of nitrogens with zero attached hydrogens (tertiary/aromatic N) is 4. The van der Waals surface area contributed by atoms with Gasteiger partial charge >= 0.3 is 0 Å². The van der Waals surface area contributed by atoms with Crippen LogP contribution in [0.5, 0.6) is 0 Å². The number of pyridine rings is 1. The van der Waals surface area contributed by atoms with E-state index in [0.29, 0.717) is 28.8 Å². The van der Waals surface area contributed by atoms with Crippen LogP contribution in [0.15, 0.2) is 18.3 Å². The normalized spacial score (nSPS) is 30.8. The SMILES string of the molecule is Nc1ncc(-c2cc([C@@H]3[C@@H]4CN(C5COC5)C[C@@H]43)n(C3CCC3)n2)cc1Cl. The third-order valence-electron chi connectivity index (χ3n) is 7.05. The van der Waals surface area contributed by atoms with Gasteiger partial charge in [0.25, 0.3) is 0 Å². The molecule has 2 aliphatic carbocycles. The molecule has 0 amide bonds. The fourth-order valence-corrected chi connectivity index (χ4v) is 5.21. The van der Waals surface area contributed by atoms with E-state index in [4.69, 9.17) is 27.2 Å². The summed E-state index contributed by atoms with van der Waals surface area (Å²) in [6.45, 7) is 4.26. The molecule has 0 unspecified atom stereocenters. The molecule has 6 rings (SSSR count). The molecule has 2 aromatic heterocycles. The average molecular weight is 386 g/mol. The molecule has 3 atom stereocenters. The summed E-state index contributed by atoms with van der Waals surface area (Å²) in [6, 6.07) is 5.38. The summed E-state index contributed by atoms with van der Waals surface area (Å²) in [5.74, 6) is 2.58. The molecule has 0 radical (unpaired) electrons. The molecular formula is C20H24ClN5O. The largest absolute Gasteiger partial charge is 0.382 e. The quantitative estimate of drug-likeness (QED) is 0.876. The van der Waals surface area contributed by atoms with Crippen LogP contribution in [-0.4, -0.2) is 52.0 Å². The maximum Gasteiger partial charge on any atom is 0.142 e. The fourth-order valence-electron chi connectivity index (χ4n) is 5.04. The first-order chi connectivity index (χ1) is 13.2. The van der Waals surface area contributed by atoms with Crippen molar-refractivity contribution < 1.29 is 4.74 Å². The van der Waals surface area contributed by atoms with E-state index in [-0.39, 0.29) is 0 Å². The number of hydrogen-bond acceptors (Lipinski definition) is 5. The lowest BCUT2D eigenvalue weighted by molar-refractivity contribution is -0.0610. The third kappa shape index (κ3) is 2.53. The van der Waals surface area contributed by atoms with Crippen molar-refractivity contribution in [2.24, 2.45) is 11.8 Å². The Morgan fingerprint density at radius 3 is 2.48 bits per heavy atom. The highest BCUT2D eigenvalue weighted by Crippen LogP contribution is 2.59. The second-order valence-electron chi connectivity index (χ2n) is 8.57. The molecule has 4 aliphatic rings. The van der Waals surface area contributed by atoms with Crippen LogP contribution in [0.4, 0.5) is 5.82 Å². The number of nitrogens with two attached hydrogens (primary N) is 1. The number of piperidine rings is 1. The molecule has 4 heterocycles. The highest BCUT2D eigenvalue weighted by Gasteiger charge is 2.59. The summed E-state index contributed by atoms with van der Waals surface area (Å²) < 4.78 is 7.69. The molecule has 2 saturated carbocycles. The van der Waals surface area contributed by atoms with Gasteiger partial charge in [-0.15, -0.1) is 0 Å². The Morgan fingerprint density at radius 2 is 1.89 bits per heavy atom. The number of rotatable bonds is 4. The van der Waals surface area contributed by atoms with Gasteiger partial charge in [-0.05, 0) is 43.2 Å². The Balaban J connectivity index is 1.29. The summed E-state index contributed by atoms with van der Waals surface area (Å²) in [6.07, 6.45) is 5.57. The average Bonchev–Trinajstić information content (AvgIpc) is 2.92. The molecule has 0 bridgehead atoms. The molecular weight excluding hydrogens is 362 g/mol. The molecule has 2 saturated heterocycles. The summed E-state index contributed by atoms with van der Waals surface area (Å²) >= 11 is 6.19. The first kappa shape index (κ1) is 16.3. The molecule has 2 N–H and O–H groups in total. The maximum atomic E-state index is 6.19. The Labute approximate surface area is 163 Å². The minimum Gasteiger partial charge on any atom is -0.382 e. The first-order valence-corrected chi connectivity index (χ1v) is 10.4. The smallest absolute Gasteiger partial charge is 0.142 e. The summed E-state index contributed by atoms with van der Waals surface area (Å²) in [5.41, 5.74) is 9.12. The van der Waals surface area contributed by atoms with Gasteiger partial charge in [0.1, 0.15) is 5.82 Å². The zero-order valence-corrected chi connectivity index (χ0v) is 16.0. The number of halogens is 1.